The van der Waals surface area contributed by atoms with Gasteiger partial charge in [-0.15, -0.1) is 0 Å². The van der Waals surface area contributed by atoms with Gasteiger partial charge in [0.25, 0.3) is 11.9 Å². The molecule has 0 aromatic carbocycles. The molecule has 2 rings (SSSR count). The average molecular weight is 361 g/mol. The quantitative estimate of drug-likeness (QED) is 0.801. The van der Waals surface area contributed by atoms with Gasteiger partial charge in [-0.2, -0.15) is 0 Å². The second-order valence-corrected chi connectivity index (χ2v) is 6.79. The molecule has 6 nitrogen and oxygen atoms in total. The van der Waals surface area contributed by atoms with Crippen LogP contribution in [0.5, 0.6) is 0 Å². The number of nitrogens with zero attached hydrogens (tertiary/aromatic N) is 2. The summed E-state index contributed by atoms with van der Waals surface area (Å²) in [7, 11) is 4.47. The summed E-state index contributed by atoms with van der Waals surface area (Å²) in [5.41, 5.74) is 0. The Morgan fingerprint density at radius 1 is 0.880 bits per heavy atom. The molecule has 0 aliphatic carbocycles. The predicted octanol–water partition coefficient (Wildman–Crippen LogP) is 3.55. The van der Waals surface area contributed by atoms with Crippen molar-refractivity contribution in [1.82, 2.24) is 9.80 Å². The van der Waals surface area contributed by atoms with Gasteiger partial charge in [0, 0.05) is 25.9 Å². The van der Waals surface area contributed by atoms with Gasteiger partial charge in [0.15, 0.2) is 0 Å². The van der Waals surface area contributed by atoms with Crippen LogP contribution in [0.3, 0.4) is 0 Å². The maximum Gasteiger partial charge on any atom is 0.300 e. The van der Waals surface area contributed by atoms with Crippen LogP contribution in [0.4, 0.5) is 0 Å². The van der Waals surface area contributed by atoms with Gasteiger partial charge < -0.3 is 20.0 Å². The van der Waals surface area contributed by atoms with Gasteiger partial charge in [-0.3, -0.25) is 9.59 Å². The van der Waals surface area contributed by atoms with Gasteiger partial charge in [-0.1, -0.05) is 20.3 Å². The van der Waals surface area contributed by atoms with E-state index in [1.54, 1.807) is 0 Å². The zero-order valence-corrected chi connectivity index (χ0v) is 17.1. The van der Waals surface area contributed by atoms with Gasteiger partial charge in [-0.25, -0.2) is 0 Å². The largest absolute Gasteiger partial charge is 0.481 e. The van der Waals surface area contributed by atoms with E-state index in [0.717, 1.165) is 25.9 Å². The molecular weight excluding hydrogens is 320 g/mol. The number of carboxylic acid groups (broad SMARTS) is 2. The number of rotatable bonds is 3. The summed E-state index contributed by atoms with van der Waals surface area (Å²) >= 11 is 0. The smallest absolute Gasteiger partial charge is 0.300 e. The molecule has 150 valence electrons. The highest BCUT2D eigenvalue weighted by Crippen LogP contribution is 2.18. The summed E-state index contributed by atoms with van der Waals surface area (Å²) in [5.74, 6) is -1.67. The predicted molar refractivity (Wildman–Crippen MR) is 103 cm³/mol. The molecule has 2 saturated heterocycles. The van der Waals surface area contributed by atoms with Crippen molar-refractivity contribution >= 4 is 11.9 Å². The lowest BCUT2D eigenvalue weighted by molar-refractivity contribution is -0.135. The Labute approximate surface area is 154 Å². The third-order valence-corrected chi connectivity index (χ3v) is 4.44. The first-order valence-electron chi connectivity index (χ1n) is 9.45. The van der Waals surface area contributed by atoms with Crippen LogP contribution >= 0.6 is 0 Å². The summed E-state index contributed by atoms with van der Waals surface area (Å²) in [4.78, 5) is 22.9. The highest BCUT2D eigenvalue weighted by Gasteiger charge is 2.19. The van der Waals surface area contributed by atoms with Crippen molar-refractivity contribution < 1.29 is 19.8 Å². The maximum absolute atomic E-state index is 9.00. The molecule has 0 saturated carbocycles. The zero-order chi connectivity index (χ0) is 19.8. The monoisotopic (exact) mass is 360 g/mol. The van der Waals surface area contributed by atoms with E-state index in [4.69, 9.17) is 19.8 Å². The van der Waals surface area contributed by atoms with Gasteiger partial charge in [0.1, 0.15) is 0 Å². The van der Waals surface area contributed by atoms with E-state index in [0.29, 0.717) is 0 Å². The number of carbonyl (C=O) groups is 2. The highest BCUT2D eigenvalue weighted by atomic mass is 16.4. The Morgan fingerprint density at radius 2 is 1.24 bits per heavy atom. The number of aliphatic carboxylic acids is 2. The molecule has 2 aliphatic rings. The van der Waals surface area contributed by atoms with E-state index in [1.165, 1.54) is 58.0 Å². The molecule has 0 bridgehead atoms. The van der Waals surface area contributed by atoms with Gasteiger partial charge in [0.2, 0.25) is 0 Å². The molecule has 2 heterocycles. The van der Waals surface area contributed by atoms with E-state index in [-0.39, 0.29) is 0 Å². The molecule has 0 aromatic heterocycles. The van der Waals surface area contributed by atoms with E-state index in [9.17, 15) is 0 Å². The van der Waals surface area contributed by atoms with Crippen LogP contribution in [0, 0.1) is 0 Å². The van der Waals surface area contributed by atoms with Crippen LogP contribution in [-0.2, 0) is 9.59 Å². The first-order chi connectivity index (χ1) is 11.6. The first-order valence-corrected chi connectivity index (χ1v) is 9.45. The minimum Gasteiger partial charge on any atom is -0.481 e. The van der Waals surface area contributed by atoms with Crippen LogP contribution < -0.4 is 0 Å². The van der Waals surface area contributed by atoms with E-state index in [1.807, 2.05) is 0 Å². The molecule has 2 N–H and O–H groups in total. The van der Waals surface area contributed by atoms with Crippen LogP contribution in [0.2, 0.25) is 0 Å². The average Bonchev–Trinajstić information content (AvgIpc) is 3.08. The zero-order valence-electron chi connectivity index (χ0n) is 17.1. The van der Waals surface area contributed by atoms with Crippen LogP contribution in [0.15, 0.2) is 0 Å². The van der Waals surface area contributed by atoms with Crippen molar-refractivity contribution in [3.63, 3.8) is 0 Å². The SMILES string of the molecule is CC(=O)O.CC(=O)O.CCC1CCCN1C.CCCC1CCCN1C. The number of carboxylic acids is 2. The van der Waals surface area contributed by atoms with Crippen LogP contribution in [0.1, 0.15) is 72.6 Å². The number of hydrogen-bond donors (Lipinski definition) is 2. The second-order valence-electron chi connectivity index (χ2n) is 6.79. The minimum absolute atomic E-state index is 0.833. The fourth-order valence-corrected chi connectivity index (χ4v) is 3.17. The Bertz CT molecular complexity index is 330. The van der Waals surface area contributed by atoms with E-state index >= 15 is 0 Å². The molecule has 2 atom stereocenters. The van der Waals surface area contributed by atoms with Crippen molar-refractivity contribution in [3.05, 3.63) is 0 Å². The highest BCUT2D eigenvalue weighted by molar-refractivity contribution is 5.63. The Kier molecular flexibility index (Phi) is 17.0. The lowest BCUT2D eigenvalue weighted by Gasteiger charge is -2.17. The normalized spacial score (nSPS) is 22.6. The van der Waals surface area contributed by atoms with Crippen molar-refractivity contribution in [2.75, 3.05) is 27.2 Å². The number of likely N-dealkylation sites (tertiary alicyclic amines) is 2. The molecule has 2 unspecified atom stereocenters. The van der Waals surface area contributed by atoms with Crippen molar-refractivity contribution in [1.29, 1.82) is 0 Å². The lowest BCUT2D eigenvalue weighted by Crippen LogP contribution is -2.24. The summed E-state index contributed by atoms with van der Waals surface area (Å²) < 4.78 is 0. The molecular formula is C19H40N2O4. The topological polar surface area (TPSA) is 81.1 Å². The number of hydrogen-bond acceptors (Lipinski definition) is 4. The summed E-state index contributed by atoms with van der Waals surface area (Å²) in [6, 6.07) is 1.81. The van der Waals surface area contributed by atoms with E-state index < -0.39 is 11.9 Å². The summed E-state index contributed by atoms with van der Waals surface area (Å²) in [5, 5.41) is 14.8. The second kappa shape index (κ2) is 16.3. The Balaban J connectivity index is 0. The molecule has 0 amide bonds. The summed E-state index contributed by atoms with van der Waals surface area (Å²) in [6.07, 6.45) is 9.76. The van der Waals surface area contributed by atoms with Gasteiger partial charge >= 0.3 is 0 Å². The molecule has 25 heavy (non-hydrogen) atoms. The molecule has 0 aromatic rings. The van der Waals surface area contributed by atoms with Gasteiger partial charge in [-0.05, 0) is 65.7 Å². The van der Waals surface area contributed by atoms with Crippen LogP contribution in [-0.4, -0.2) is 71.2 Å². The Hall–Kier alpha value is -1.14. The molecule has 2 aliphatic heterocycles. The molecule has 6 heteroatoms. The van der Waals surface area contributed by atoms with Crippen molar-refractivity contribution in [2.24, 2.45) is 0 Å². The fraction of sp³-hybridized carbons (Fsp3) is 0.895. The van der Waals surface area contributed by atoms with Crippen LogP contribution in [0.25, 0.3) is 0 Å². The molecule has 0 radical (unpaired) electrons. The third-order valence-electron chi connectivity index (χ3n) is 4.44. The fourth-order valence-electron chi connectivity index (χ4n) is 3.17. The van der Waals surface area contributed by atoms with Gasteiger partial charge in [0.05, 0.1) is 0 Å². The standard InChI is InChI=1S/C8H17N.C7H15N.2C2H4O2/c1-3-5-8-6-4-7-9(8)2;1-3-7-5-4-6-8(7)2;2*1-2(3)4/h8H,3-7H2,1-2H3;7H,3-6H2,1-2H3;2*1H3,(H,3,4). The molecule has 0 spiro atoms. The minimum atomic E-state index is -0.833. The van der Waals surface area contributed by atoms with Crippen molar-refractivity contribution in [3.8, 4) is 0 Å². The van der Waals surface area contributed by atoms with E-state index in [2.05, 4.69) is 37.7 Å². The van der Waals surface area contributed by atoms with Crippen molar-refractivity contribution in [2.45, 2.75) is 84.7 Å². The first kappa shape index (κ1) is 26.1. The lowest BCUT2D eigenvalue weighted by atomic mass is 10.1. The maximum atomic E-state index is 9.00. The molecule has 2 fully saturated rings. The third kappa shape index (κ3) is 17.5. The summed E-state index contributed by atoms with van der Waals surface area (Å²) in [6.45, 7) is 9.35. The Morgan fingerprint density at radius 3 is 1.44 bits per heavy atom.